The topological polar surface area (TPSA) is 117 Å². The standard InChI is InChI=1S/C33H31N3O6/c1-18-31(35-19(2)40-18)33(38)36-16-24-15-29-28(14-23(24)13-27(36)32(34)37)39-17-30(42-29)20-7-9-25(10-8-20)41-26-11-21-5-3-4-6-22(21)12-26/h3-10,14-15,26-27,30H,11-13,16-17H2,1-2H3,(H2,34,37)/t27-,30+/m0/s1. The zero-order chi connectivity index (χ0) is 29.0. The first-order chi connectivity index (χ1) is 20.3. The van der Waals surface area contributed by atoms with Gasteiger partial charge in [-0.05, 0) is 59.0 Å². The third-order valence-electron chi connectivity index (χ3n) is 8.32. The summed E-state index contributed by atoms with van der Waals surface area (Å²) in [5, 5.41) is 0. The molecule has 0 spiro atoms. The predicted octanol–water partition coefficient (Wildman–Crippen LogP) is 4.40. The number of nitrogens with two attached hydrogens (primary N) is 1. The molecule has 0 unspecified atom stereocenters. The third-order valence-corrected chi connectivity index (χ3v) is 8.32. The van der Waals surface area contributed by atoms with Crippen LogP contribution in [0, 0.1) is 13.8 Å². The monoisotopic (exact) mass is 565 g/mol. The molecule has 0 saturated carbocycles. The number of hydrogen-bond donors (Lipinski definition) is 1. The maximum absolute atomic E-state index is 13.4. The lowest BCUT2D eigenvalue weighted by atomic mass is 9.92. The van der Waals surface area contributed by atoms with Gasteiger partial charge in [0.05, 0.1) is 0 Å². The SMILES string of the molecule is Cc1nc(C(=O)N2Cc3cc4c(cc3C[C@H]2C(N)=O)OC[C@H](c2ccc(OC3Cc5ccccc5C3)cc2)O4)c(C)o1. The molecular formula is C33H31N3O6. The van der Waals surface area contributed by atoms with Crippen molar-refractivity contribution in [3.05, 3.63) is 106 Å². The number of amides is 2. The largest absolute Gasteiger partial charge is 0.490 e. The second-order valence-corrected chi connectivity index (χ2v) is 11.2. The van der Waals surface area contributed by atoms with Crippen molar-refractivity contribution in [2.75, 3.05) is 6.61 Å². The van der Waals surface area contributed by atoms with E-state index in [1.165, 1.54) is 16.0 Å². The summed E-state index contributed by atoms with van der Waals surface area (Å²) >= 11 is 0. The number of benzene rings is 3. The van der Waals surface area contributed by atoms with Crippen molar-refractivity contribution in [2.45, 2.75) is 57.9 Å². The molecule has 2 amide bonds. The summed E-state index contributed by atoms with van der Waals surface area (Å²) in [7, 11) is 0. The summed E-state index contributed by atoms with van der Waals surface area (Å²) in [4.78, 5) is 31.5. The van der Waals surface area contributed by atoms with E-state index in [-0.39, 0.29) is 30.9 Å². The minimum atomic E-state index is -0.809. The van der Waals surface area contributed by atoms with E-state index in [0.717, 1.165) is 35.3 Å². The van der Waals surface area contributed by atoms with Crippen LogP contribution in [-0.2, 0) is 30.6 Å². The van der Waals surface area contributed by atoms with Crippen LogP contribution in [-0.4, -0.2) is 40.5 Å². The van der Waals surface area contributed by atoms with Gasteiger partial charge >= 0.3 is 0 Å². The molecule has 42 heavy (non-hydrogen) atoms. The summed E-state index contributed by atoms with van der Waals surface area (Å²) < 4.78 is 24.2. The summed E-state index contributed by atoms with van der Waals surface area (Å²) in [6.07, 6.45) is 1.94. The van der Waals surface area contributed by atoms with Gasteiger partial charge in [0.1, 0.15) is 30.3 Å². The Bertz CT molecular complexity index is 1670. The molecule has 3 aromatic carbocycles. The molecular weight excluding hydrogens is 534 g/mol. The molecule has 0 fully saturated rings. The molecule has 1 aliphatic carbocycles. The van der Waals surface area contributed by atoms with Crippen molar-refractivity contribution in [1.29, 1.82) is 0 Å². The molecule has 9 nitrogen and oxygen atoms in total. The van der Waals surface area contributed by atoms with Crippen LogP contribution in [0.5, 0.6) is 17.2 Å². The van der Waals surface area contributed by atoms with Crippen LogP contribution >= 0.6 is 0 Å². The van der Waals surface area contributed by atoms with E-state index >= 15 is 0 Å². The van der Waals surface area contributed by atoms with Crippen LogP contribution in [0.15, 0.2) is 65.1 Å². The quantitative estimate of drug-likeness (QED) is 0.381. The Morgan fingerprint density at radius 3 is 2.31 bits per heavy atom. The average molecular weight is 566 g/mol. The molecule has 1 aromatic heterocycles. The minimum Gasteiger partial charge on any atom is -0.490 e. The third kappa shape index (κ3) is 4.74. The molecule has 3 aliphatic rings. The highest BCUT2D eigenvalue weighted by Crippen LogP contribution is 2.41. The van der Waals surface area contributed by atoms with Crippen molar-refractivity contribution < 1.29 is 28.2 Å². The number of rotatable bonds is 5. The van der Waals surface area contributed by atoms with Crippen molar-refractivity contribution in [3.63, 3.8) is 0 Å². The molecule has 2 aliphatic heterocycles. The van der Waals surface area contributed by atoms with Gasteiger partial charge in [-0.15, -0.1) is 0 Å². The van der Waals surface area contributed by atoms with Gasteiger partial charge in [0.15, 0.2) is 29.2 Å². The van der Waals surface area contributed by atoms with Crippen LogP contribution in [0.3, 0.4) is 0 Å². The Balaban J connectivity index is 1.07. The summed E-state index contributed by atoms with van der Waals surface area (Å²) in [6.45, 7) is 3.89. The molecule has 214 valence electrons. The fraction of sp³-hybridized carbons (Fsp3) is 0.303. The van der Waals surface area contributed by atoms with Gasteiger partial charge in [0.2, 0.25) is 5.91 Å². The lowest BCUT2D eigenvalue weighted by Crippen LogP contribution is -2.51. The Labute approximate surface area is 243 Å². The van der Waals surface area contributed by atoms with Crippen LogP contribution < -0.4 is 19.9 Å². The van der Waals surface area contributed by atoms with Crippen LogP contribution in [0.2, 0.25) is 0 Å². The summed E-state index contributed by atoms with van der Waals surface area (Å²) in [5.41, 5.74) is 11.4. The van der Waals surface area contributed by atoms with Crippen molar-refractivity contribution in [2.24, 2.45) is 5.73 Å². The predicted molar refractivity (Wildman–Crippen MR) is 153 cm³/mol. The smallest absolute Gasteiger partial charge is 0.277 e. The highest BCUT2D eigenvalue weighted by atomic mass is 16.6. The Kier molecular flexibility index (Phi) is 6.37. The molecule has 3 heterocycles. The van der Waals surface area contributed by atoms with Crippen molar-refractivity contribution in [1.82, 2.24) is 9.88 Å². The second-order valence-electron chi connectivity index (χ2n) is 11.2. The zero-order valence-corrected chi connectivity index (χ0v) is 23.5. The molecule has 0 radical (unpaired) electrons. The first kappa shape index (κ1) is 26.1. The second kappa shape index (κ2) is 10.2. The minimum absolute atomic E-state index is 0.137. The zero-order valence-electron chi connectivity index (χ0n) is 23.5. The first-order valence-electron chi connectivity index (χ1n) is 14.2. The Morgan fingerprint density at radius 2 is 1.64 bits per heavy atom. The fourth-order valence-corrected chi connectivity index (χ4v) is 6.20. The Hall–Kier alpha value is -4.79. The number of aryl methyl sites for hydroxylation is 2. The van der Waals surface area contributed by atoms with Crippen LogP contribution in [0.4, 0.5) is 0 Å². The summed E-state index contributed by atoms with van der Waals surface area (Å²) in [5.74, 6) is 1.85. The van der Waals surface area contributed by atoms with Gasteiger partial charge in [-0.25, -0.2) is 4.98 Å². The fourth-order valence-electron chi connectivity index (χ4n) is 6.20. The van der Waals surface area contributed by atoms with E-state index in [1.807, 2.05) is 36.4 Å². The van der Waals surface area contributed by atoms with Crippen molar-refractivity contribution in [3.8, 4) is 17.2 Å². The normalized spacial score (nSPS) is 19.2. The molecule has 2 atom stereocenters. The van der Waals surface area contributed by atoms with Gasteiger partial charge in [-0.1, -0.05) is 36.4 Å². The molecule has 2 N–H and O–H groups in total. The van der Waals surface area contributed by atoms with Gasteiger partial charge < -0.3 is 29.3 Å². The van der Waals surface area contributed by atoms with Crippen molar-refractivity contribution >= 4 is 11.8 Å². The number of carbonyl (C=O) groups excluding carboxylic acids is 2. The number of fused-ring (bicyclic) bond motifs is 3. The van der Waals surface area contributed by atoms with E-state index in [9.17, 15) is 9.59 Å². The maximum atomic E-state index is 13.4. The molecule has 9 heteroatoms. The number of hydrogen-bond acceptors (Lipinski definition) is 7. The number of ether oxygens (including phenoxy) is 3. The average Bonchev–Trinajstić information content (AvgIpc) is 3.56. The first-order valence-corrected chi connectivity index (χ1v) is 14.2. The lowest BCUT2D eigenvalue weighted by molar-refractivity contribution is -0.122. The van der Waals surface area contributed by atoms with E-state index in [1.54, 1.807) is 13.8 Å². The van der Waals surface area contributed by atoms with Crippen LogP contribution in [0.1, 0.15) is 56.1 Å². The summed E-state index contributed by atoms with van der Waals surface area (Å²) in [6, 6.07) is 19.4. The van der Waals surface area contributed by atoms with Crippen LogP contribution in [0.25, 0.3) is 0 Å². The van der Waals surface area contributed by atoms with E-state index in [0.29, 0.717) is 29.8 Å². The highest BCUT2D eigenvalue weighted by Gasteiger charge is 2.37. The lowest BCUT2D eigenvalue weighted by Gasteiger charge is -2.36. The van der Waals surface area contributed by atoms with E-state index in [2.05, 4.69) is 29.2 Å². The van der Waals surface area contributed by atoms with Gasteiger partial charge in [-0.2, -0.15) is 0 Å². The van der Waals surface area contributed by atoms with E-state index in [4.69, 9.17) is 24.4 Å². The highest BCUT2D eigenvalue weighted by molar-refractivity contribution is 5.97. The molecule has 0 bridgehead atoms. The number of oxazole rings is 1. The molecule has 4 aromatic rings. The molecule has 7 rings (SSSR count). The number of primary amides is 1. The maximum Gasteiger partial charge on any atom is 0.277 e. The van der Waals surface area contributed by atoms with Gasteiger partial charge in [0, 0.05) is 32.7 Å². The molecule has 0 saturated heterocycles. The van der Waals surface area contributed by atoms with Gasteiger partial charge in [0.25, 0.3) is 5.91 Å². The number of carbonyl (C=O) groups is 2. The van der Waals surface area contributed by atoms with Gasteiger partial charge in [-0.3, -0.25) is 9.59 Å². The number of aromatic nitrogens is 1. The number of nitrogens with zero attached hydrogens (tertiary/aromatic N) is 2. The van der Waals surface area contributed by atoms with E-state index < -0.39 is 17.9 Å². The Morgan fingerprint density at radius 1 is 0.929 bits per heavy atom.